The molecule has 4 rings (SSSR count). The van der Waals surface area contributed by atoms with Crippen LogP contribution in [0.3, 0.4) is 0 Å². The number of H-pyrrole nitrogens is 1. The highest BCUT2D eigenvalue weighted by Gasteiger charge is 2.30. The third kappa shape index (κ3) is 5.98. The summed E-state index contributed by atoms with van der Waals surface area (Å²) in [5, 5.41) is 20.3. The number of alkyl halides is 3. The molecule has 1 fully saturated rings. The van der Waals surface area contributed by atoms with Crippen molar-refractivity contribution in [3.8, 4) is 11.3 Å². The third-order valence-corrected chi connectivity index (χ3v) is 6.63. The van der Waals surface area contributed by atoms with Gasteiger partial charge in [0.1, 0.15) is 5.66 Å². The molecular weight excluding hydrogens is 443 g/mol. The fraction of sp³-hybridized carbons (Fsp3) is 0.500. The van der Waals surface area contributed by atoms with Gasteiger partial charge in [-0.3, -0.25) is 10.4 Å². The molecule has 7 nitrogen and oxygen atoms in total. The molecule has 1 unspecified atom stereocenters. The molecule has 1 aliphatic carbocycles. The van der Waals surface area contributed by atoms with Crippen LogP contribution in [0, 0.1) is 5.92 Å². The van der Waals surface area contributed by atoms with E-state index in [9.17, 15) is 13.2 Å². The second-order valence-corrected chi connectivity index (χ2v) is 9.18. The number of guanidine groups is 1. The van der Waals surface area contributed by atoms with Crippen LogP contribution in [0.5, 0.6) is 0 Å². The minimum Gasteiger partial charge on any atom is -0.335 e. The summed E-state index contributed by atoms with van der Waals surface area (Å²) >= 11 is 0. The number of aromatic amines is 1. The topological polar surface area (TPSA) is 89.2 Å². The van der Waals surface area contributed by atoms with Gasteiger partial charge < -0.3 is 16.0 Å². The zero-order chi connectivity index (χ0) is 24.2. The number of halogens is 3. The van der Waals surface area contributed by atoms with Crippen molar-refractivity contribution in [2.45, 2.75) is 57.0 Å². The van der Waals surface area contributed by atoms with E-state index >= 15 is 0 Å². The fourth-order valence-electron chi connectivity index (χ4n) is 4.42. The minimum atomic E-state index is -4.34. The molecule has 0 bridgehead atoms. The lowest BCUT2D eigenvalue weighted by molar-refractivity contribution is -0.137. The number of likely N-dealkylation sites (N-methyl/N-ethyl adjacent to an activating group) is 1. The predicted molar refractivity (Wildman–Crippen MR) is 127 cm³/mol. The Morgan fingerprint density at radius 2 is 1.88 bits per heavy atom. The number of hydrogen-bond donors (Lipinski definition) is 5. The molecule has 2 aromatic rings. The normalized spacial score (nSPS) is 26.3. The van der Waals surface area contributed by atoms with Crippen molar-refractivity contribution in [3.63, 3.8) is 0 Å². The third-order valence-electron chi connectivity index (χ3n) is 6.63. The smallest absolute Gasteiger partial charge is 0.335 e. The number of nitrogens with zero attached hydrogens (tertiary/aromatic N) is 2. The molecule has 0 radical (unpaired) electrons. The first kappa shape index (κ1) is 24.3. The second-order valence-electron chi connectivity index (χ2n) is 9.18. The van der Waals surface area contributed by atoms with Crippen molar-refractivity contribution >= 4 is 5.96 Å². The second kappa shape index (κ2) is 10.2. The van der Waals surface area contributed by atoms with E-state index in [4.69, 9.17) is 4.99 Å². The zero-order valence-corrected chi connectivity index (χ0v) is 19.5. The molecule has 2 aliphatic rings. The first-order chi connectivity index (χ1) is 16.3. The van der Waals surface area contributed by atoms with Crippen LogP contribution in [0.15, 0.2) is 47.7 Å². The van der Waals surface area contributed by atoms with Crippen LogP contribution in [0.4, 0.5) is 13.2 Å². The van der Waals surface area contributed by atoms with Gasteiger partial charge in [-0.2, -0.15) is 18.3 Å². The number of hydrogen-bond acceptors (Lipinski definition) is 4. The molecule has 2 heterocycles. The standard InChI is InChI=1S/C24H32F3N7/c1-23(28-2)11-12-30-22(33-23)32-20-9-3-16(4-10-20)13-29-14-18-15-31-34-21(18)17-5-7-19(8-6-17)24(25,26)27/h5-8,11-12,15-16,20,28-29H,3-4,9-10,13-14H2,1-2H3,(H,31,34)(H2,30,32,33). The van der Waals surface area contributed by atoms with Crippen molar-refractivity contribution in [3.05, 3.63) is 53.9 Å². The van der Waals surface area contributed by atoms with Gasteiger partial charge in [-0.15, -0.1) is 0 Å². The van der Waals surface area contributed by atoms with Crippen LogP contribution in [0.25, 0.3) is 11.3 Å². The summed E-state index contributed by atoms with van der Waals surface area (Å²) in [6.45, 7) is 3.56. The Hall–Kier alpha value is -2.85. The molecule has 1 aliphatic heterocycles. The first-order valence-corrected chi connectivity index (χ1v) is 11.7. The zero-order valence-electron chi connectivity index (χ0n) is 19.5. The Kier molecular flexibility index (Phi) is 7.27. The van der Waals surface area contributed by atoms with Crippen LogP contribution in [0.1, 0.15) is 43.7 Å². The van der Waals surface area contributed by atoms with E-state index in [1.54, 1.807) is 6.20 Å². The maximum atomic E-state index is 12.8. The summed E-state index contributed by atoms with van der Waals surface area (Å²) in [5.41, 5.74) is 1.43. The molecule has 1 atom stereocenters. The molecule has 10 heteroatoms. The Morgan fingerprint density at radius 3 is 2.56 bits per heavy atom. The van der Waals surface area contributed by atoms with Crippen molar-refractivity contribution < 1.29 is 13.2 Å². The molecule has 1 aromatic carbocycles. The van der Waals surface area contributed by atoms with Gasteiger partial charge in [-0.25, -0.2) is 4.99 Å². The van der Waals surface area contributed by atoms with E-state index in [0.29, 0.717) is 24.1 Å². The SMILES string of the molecule is CNC1(C)C=CNC(=NC2CCC(CNCc3cn[nH]c3-c3ccc(C(F)(F)F)cc3)CC2)N1. The van der Waals surface area contributed by atoms with Crippen LogP contribution < -0.4 is 21.3 Å². The summed E-state index contributed by atoms with van der Waals surface area (Å²) in [6, 6.07) is 5.46. The summed E-state index contributed by atoms with van der Waals surface area (Å²) in [7, 11) is 1.91. The first-order valence-electron chi connectivity index (χ1n) is 11.7. The van der Waals surface area contributed by atoms with E-state index < -0.39 is 11.7 Å². The average Bonchev–Trinajstić information content (AvgIpc) is 3.28. The van der Waals surface area contributed by atoms with Crippen molar-refractivity contribution in [1.29, 1.82) is 0 Å². The highest BCUT2D eigenvalue weighted by molar-refractivity contribution is 5.83. The summed E-state index contributed by atoms with van der Waals surface area (Å²) < 4.78 is 38.5. The van der Waals surface area contributed by atoms with Gasteiger partial charge in [0.05, 0.1) is 23.5 Å². The van der Waals surface area contributed by atoms with Crippen LogP contribution in [0.2, 0.25) is 0 Å². The number of nitrogens with one attached hydrogen (secondary N) is 5. The molecule has 184 valence electrons. The highest BCUT2D eigenvalue weighted by Crippen LogP contribution is 2.31. The lowest BCUT2D eigenvalue weighted by atomic mass is 9.86. The quantitative estimate of drug-likeness (QED) is 0.421. The van der Waals surface area contributed by atoms with Gasteiger partial charge in [0.25, 0.3) is 0 Å². The monoisotopic (exact) mass is 475 g/mol. The largest absolute Gasteiger partial charge is 0.416 e. The Balaban J connectivity index is 1.24. The lowest BCUT2D eigenvalue weighted by Crippen LogP contribution is -2.59. The molecule has 1 aromatic heterocycles. The van der Waals surface area contributed by atoms with E-state index in [2.05, 4.69) is 38.4 Å². The summed E-state index contributed by atoms with van der Waals surface area (Å²) in [4.78, 5) is 4.86. The molecule has 0 saturated heterocycles. The van der Waals surface area contributed by atoms with Gasteiger partial charge in [0, 0.05) is 18.3 Å². The summed E-state index contributed by atoms with van der Waals surface area (Å²) in [5.74, 6) is 1.38. The van der Waals surface area contributed by atoms with Gasteiger partial charge >= 0.3 is 6.18 Å². The Bertz CT molecular complexity index is 1000. The van der Waals surface area contributed by atoms with Gasteiger partial charge in [-0.1, -0.05) is 12.1 Å². The highest BCUT2D eigenvalue weighted by atomic mass is 19.4. The van der Waals surface area contributed by atoms with Gasteiger partial charge in [0.2, 0.25) is 0 Å². The minimum absolute atomic E-state index is 0.294. The van der Waals surface area contributed by atoms with Crippen molar-refractivity contribution in [2.75, 3.05) is 13.6 Å². The van der Waals surface area contributed by atoms with Crippen LogP contribution in [-0.4, -0.2) is 41.5 Å². The predicted octanol–water partition coefficient (Wildman–Crippen LogP) is 3.74. The Morgan fingerprint density at radius 1 is 1.15 bits per heavy atom. The van der Waals surface area contributed by atoms with E-state index in [1.807, 2.05) is 19.3 Å². The number of aliphatic imine (C=N–C) groups is 1. The lowest BCUT2D eigenvalue weighted by Gasteiger charge is -2.33. The fourth-order valence-corrected chi connectivity index (χ4v) is 4.42. The average molecular weight is 476 g/mol. The van der Waals surface area contributed by atoms with Crippen molar-refractivity contribution in [2.24, 2.45) is 10.9 Å². The molecule has 0 spiro atoms. The molecule has 34 heavy (non-hydrogen) atoms. The van der Waals surface area contributed by atoms with Crippen LogP contribution >= 0.6 is 0 Å². The maximum Gasteiger partial charge on any atom is 0.416 e. The maximum absolute atomic E-state index is 12.8. The molecular formula is C24H32F3N7. The molecule has 5 N–H and O–H groups in total. The summed E-state index contributed by atoms with van der Waals surface area (Å²) in [6.07, 6.45) is 5.62. The number of benzene rings is 1. The van der Waals surface area contributed by atoms with E-state index in [-0.39, 0.29) is 5.66 Å². The van der Waals surface area contributed by atoms with E-state index in [0.717, 1.165) is 61.6 Å². The van der Waals surface area contributed by atoms with Crippen LogP contribution in [-0.2, 0) is 12.7 Å². The Labute approximate surface area is 197 Å². The number of aromatic nitrogens is 2. The van der Waals surface area contributed by atoms with E-state index in [1.165, 1.54) is 12.1 Å². The van der Waals surface area contributed by atoms with Gasteiger partial charge in [0.15, 0.2) is 5.96 Å². The molecule has 1 saturated carbocycles. The van der Waals surface area contributed by atoms with Gasteiger partial charge in [-0.05, 0) is 75.9 Å². The molecule has 0 amide bonds. The number of rotatable bonds is 7. The van der Waals surface area contributed by atoms with Crippen molar-refractivity contribution in [1.82, 2.24) is 31.5 Å².